The number of nitrogens with one attached hydrogen (secondary N) is 1. The summed E-state index contributed by atoms with van der Waals surface area (Å²) in [5, 5.41) is 3.33. The largest absolute Gasteiger partial charge is 0.416 e. The molecule has 0 amide bonds. The van der Waals surface area contributed by atoms with Crippen LogP contribution in [0.25, 0.3) is 0 Å². The van der Waals surface area contributed by atoms with Gasteiger partial charge in [0.05, 0.1) is 5.56 Å². The summed E-state index contributed by atoms with van der Waals surface area (Å²) in [6.07, 6.45) is -2.22. The maximum Gasteiger partial charge on any atom is 0.416 e. The van der Waals surface area contributed by atoms with Gasteiger partial charge in [-0.25, -0.2) is 0 Å². The Morgan fingerprint density at radius 1 is 1.15 bits per heavy atom. The van der Waals surface area contributed by atoms with Gasteiger partial charge < -0.3 is 10.1 Å². The van der Waals surface area contributed by atoms with Crippen LogP contribution in [0.15, 0.2) is 24.3 Å². The van der Waals surface area contributed by atoms with Crippen LogP contribution in [0, 0.1) is 5.41 Å². The van der Waals surface area contributed by atoms with E-state index in [9.17, 15) is 13.2 Å². The van der Waals surface area contributed by atoms with E-state index in [0.29, 0.717) is 6.54 Å². The lowest BCUT2D eigenvalue weighted by Crippen LogP contribution is -2.36. The molecule has 1 saturated heterocycles. The van der Waals surface area contributed by atoms with Crippen molar-refractivity contribution < 1.29 is 17.9 Å². The van der Waals surface area contributed by atoms with Gasteiger partial charge in [0, 0.05) is 26.3 Å². The lowest BCUT2D eigenvalue weighted by atomic mass is 9.82. The minimum Gasteiger partial charge on any atom is -0.381 e. The second-order valence-electron chi connectivity index (χ2n) is 5.72. The molecule has 5 heteroatoms. The molecule has 1 aliphatic heterocycles. The van der Waals surface area contributed by atoms with Gasteiger partial charge in [-0.3, -0.25) is 0 Å². The normalized spacial score (nSPS) is 19.0. The minimum atomic E-state index is -4.26. The van der Waals surface area contributed by atoms with Crippen LogP contribution in [0.4, 0.5) is 13.2 Å². The first-order chi connectivity index (χ1) is 9.39. The standard InChI is InChI=1S/C15H20F3NO/c1-14(6-8-20-9-7-14)11-19-10-12-2-4-13(5-3-12)15(16,17)18/h2-5,19H,6-11H2,1H3. The summed E-state index contributed by atoms with van der Waals surface area (Å²) in [4.78, 5) is 0. The van der Waals surface area contributed by atoms with Gasteiger partial charge in [0.15, 0.2) is 0 Å². The van der Waals surface area contributed by atoms with Crippen molar-refractivity contribution in [3.63, 3.8) is 0 Å². The fourth-order valence-corrected chi connectivity index (χ4v) is 2.36. The smallest absolute Gasteiger partial charge is 0.381 e. The van der Waals surface area contributed by atoms with E-state index >= 15 is 0 Å². The van der Waals surface area contributed by atoms with E-state index in [1.165, 1.54) is 12.1 Å². The number of ether oxygens (including phenoxy) is 1. The quantitative estimate of drug-likeness (QED) is 0.913. The van der Waals surface area contributed by atoms with E-state index in [-0.39, 0.29) is 5.41 Å². The molecule has 2 rings (SSSR count). The van der Waals surface area contributed by atoms with Crippen molar-refractivity contribution in [2.75, 3.05) is 19.8 Å². The molecule has 1 fully saturated rings. The zero-order chi connectivity index (χ0) is 14.6. The van der Waals surface area contributed by atoms with Gasteiger partial charge in [-0.2, -0.15) is 13.2 Å². The van der Waals surface area contributed by atoms with Gasteiger partial charge in [-0.1, -0.05) is 19.1 Å². The van der Waals surface area contributed by atoms with Gasteiger partial charge in [0.2, 0.25) is 0 Å². The Labute approximate surface area is 117 Å². The third-order valence-corrected chi connectivity index (χ3v) is 3.86. The first kappa shape index (κ1) is 15.3. The van der Waals surface area contributed by atoms with Crippen molar-refractivity contribution in [1.82, 2.24) is 5.32 Å². The topological polar surface area (TPSA) is 21.3 Å². The SMILES string of the molecule is CC1(CNCc2ccc(C(F)(F)F)cc2)CCOCC1. The van der Waals surface area contributed by atoms with E-state index in [2.05, 4.69) is 12.2 Å². The maximum atomic E-state index is 12.4. The molecule has 0 aromatic heterocycles. The second-order valence-corrected chi connectivity index (χ2v) is 5.72. The van der Waals surface area contributed by atoms with Crippen LogP contribution in [-0.4, -0.2) is 19.8 Å². The van der Waals surface area contributed by atoms with Crippen molar-refractivity contribution in [2.45, 2.75) is 32.5 Å². The molecule has 2 nitrogen and oxygen atoms in total. The van der Waals surface area contributed by atoms with Crippen LogP contribution in [0.2, 0.25) is 0 Å². The molecule has 0 radical (unpaired) electrons. The molecule has 1 heterocycles. The molecule has 1 aromatic rings. The second kappa shape index (κ2) is 6.14. The summed E-state index contributed by atoms with van der Waals surface area (Å²) in [6.45, 7) is 5.25. The Balaban J connectivity index is 1.82. The van der Waals surface area contributed by atoms with Crippen LogP contribution in [0.5, 0.6) is 0 Å². The Morgan fingerprint density at radius 2 is 1.75 bits per heavy atom. The van der Waals surface area contributed by atoms with Crippen molar-refractivity contribution in [3.05, 3.63) is 35.4 Å². The Kier molecular flexibility index (Phi) is 4.70. The first-order valence-electron chi connectivity index (χ1n) is 6.84. The zero-order valence-electron chi connectivity index (χ0n) is 11.6. The predicted octanol–water partition coefficient (Wildman–Crippen LogP) is 3.61. The third kappa shape index (κ3) is 4.21. The highest BCUT2D eigenvalue weighted by atomic mass is 19.4. The van der Waals surface area contributed by atoms with Crippen LogP contribution in [-0.2, 0) is 17.5 Å². The maximum absolute atomic E-state index is 12.4. The van der Waals surface area contributed by atoms with E-state index in [1.54, 1.807) is 0 Å². The van der Waals surface area contributed by atoms with Crippen molar-refractivity contribution >= 4 is 0 Å². The molecule has 0 bridgehead atoms. The summed E-state index contributed by atoms with van der Waals surface area (Å²) in [6, 6.07) is 5.32. The average Bonchev–Trinajstić information content (AvgIpc) is 2.39. The number of hydrogen-bond acceptors (Lipinski definition) is 2. The monoisotopic (exact) mass is 287 g/mol. The van der Waals surface area contributed by atoms with Crippen LogP contribution < -0.4 is 5.32 Å². The van der Waals surface area contributed by atoms with E-state index in [0.717, 1.165) is 50.3 Å². The molecular weight excluding hydrogens is 267 g/mol. The molecule has 0 atom stereocenters. The van der Waals surface area contributed by atoms with Crippen molar-refractivity contribution in [2.24, 2.45) is 5.41 Å². The number of halogens is 3. The van der Waals surface area contributed by atoms with Gasteiger partial charge in [-0.15, -0.1) is 0 Å². The lowest BCUT2D eigenvalue weighted by Gasteiger charge is -2.33. The molecular formula is C15H20F3NO. The fourth-order valence-electron chi connectivity index (χ4n) is 2.36. The molecule has 0 unspecified atom stereocenters. The molecule has 1 aromatic carbocycles. The molecule has 0 saturated carbocycles. The Hall–Kier alpha value is -1.07. The highest BCUT2D eigenvalue weighted by molar-refractivity contribution is 5.24. The van der Waals surface area contributed by atoms with E-state index in [1.807, 2.05) is 0 Å². The number of alkyl halides is 3. The fraction of sp³-hybridized carbons (Fsp3) is 0.600. The average molecular weight is 287 g/mol. The molecule has 112 valence electrons. The number of hydrogen-bond donors (Lipinski definition) is 1. The summed E-state index contributed by atoms with van der Waals surface area (Å²) in [5.41, 5.74) is 0.496. The van der Waals surface area contributed by atoms with Crippen LogP contribution in [0.3, 0.4) is 0 Å². The number of rotatable bonds is 4. The Bertz CT molecular complexity index is 422. The summed E-state index contributed by atoms with van der Waals surface area (Å²) in [5.74, 6) is 0. The summed E-state index contributed by atoms with van der Waals surface area (Å²) < 4.78 is 42.7. The third-order valence-electron chi connectivity index (χ3n) is 3.86. The molecule has 0 aliphatic carbocycles. The minimum absolute atomic E-state index is 0.226. The summed E-state index contributed by atoms with van der Waals surface area (Å²) >= 11 is 0. The summed E-state index contributed by atoms with van der Waals surface area (Å²) in [7, 11) is 0. The van der Waals surface area contributed by atoms with Gasteiger partial charge in [-0.05, 0) is 36.0 Å². The van der Waals surface area contributed by atoms with E-state index < -0.39 is 11.7 Å². The zero-order valence-corrected chi connectivity index (χ0v) is 11.6. The van der Waals surface area contributed by atoms with Gasteiger partial charge in [0.1, 0.15) is 0 Å². The highest BCUT2D eigenvalue weighted by Crippen LogP contribution is 2.30. The molecule has 20 heavy (non-hydrogen) atoms. The molecule has 1 N–H and O–H groups in total. The van der Waals surface area contributed by atoms with Crippen molar-refractivity contribution in [3.8, 4) is 0 Å². The van der Waals surface area contributed by atoms with Crippen molar-refractivity contribution in [1.29, 1.82) is 0 Å². The molecule has 0 spiro atoms. The van der Waals surface area contributed by atoms with Gasteiger partial charge in [0.25, 0.3) is 0 Å². The van der Waals surface area contributed by atoms with Crippen LogP contribution in [0.1, 0.15) is 30.9 Å². The van der Waals surface area contributed by atoms with E-state index in [4.69, 9.17) is 4.74 Å². The predicted molar refractivity (Wildman–Crippen MR) is 71.3 cm³/mol. The first-order valence-corrected chi connectivity index (χ1v) is 6.84. The lowest BCUT2D eigenvalue weighted by molar-refractivity contribution is -0.137. The Morgan fingerprint density at radius 3 is 2.30 bits per heavy atom. The van der Waals surface area contributed by atoms with Gasteiger partial charge >= 0.3 is 6.18 Å². The van der Waals surface area contributed by atoms with Crippen LogP contribution >= 0.6 is 0 Å². The highest BCUT2D eigenvalue weighted by Gasteiger charge is 2.30. The number of benzene rings is 1. The molecule has 1 aliphatic rings.